The first-order chi connectivity index (χ1) is 24.2. The lowest BCUT2D eigenvalue weighted by Gasteiger charge is -2.19. The fourth-order valence-electron chi connectivity index (χ4n) is 6.06. The highest BCUT2D eigenvalue weighted by Gasteiger charge is 2.19. The van der Waals surface area contributed by atoms with E-state index >= 15 is 0 Å². The summed E-state index contributed by atoms with van der Waals surface area (Å²) in [6, 6.07) is 19.0. The highest BCUT2D eigenvalue weighted by atomic mass is 16.6. The second-order valence-electron chi connectivity index (χ2n) is 16.5. The molecule has 0 saturated carbocycles. The number of nitro benzene ring substituents is 1. The zero-order chi connectivity index (χ0) is 37.3. The summed E-state index contributed by atoms with van der Waals surface area (Å²) in [5.41, 5.74) is 2.56. The molecule has 0 bridgehead atoms. The molecule has 3 aromatic rings. The second kappa shape index (κ2) is 20.8. The molecule has 0 fully saturated rings. The Labute approximate surface area is 307 Å². The fourth-order valence-corrected chi connectivity index (χ4v) is 6.06. The van der Waals surface area contributed by atoms with Gasteiger partial charge in [0.2, 0.25) is 0 Å². The Morgan fingerprint density at radius 1 is 0.667 bits per heavy atom. The summed E-state index contributed by atoms with van der Waals surface area (Å²) >= 11 is 0. The summed E-state index contributed by atoms with van der Waals surface area (Å²) < 4.78 is 17.5. The van der Waals surface area contributed by atoms with Gasteiger partial charge in [0, 0.05) is 6.07 Å². The summed E-state index contributed by atoms with van der Waals surface area (Å²) in [4.78, 5) is 24.3. The van der Waals surface area contributed by atoms with Gasteiger partial charge in [0.15, 0.2) is 5.75 Å². The predicted octanol–water partition coefficient (Wildman–Crippen LogP) is 13.2. The monoisotopic (exact) mass is 701 g/mol. The molecule has 3 rings (SSSR count). The average molecular weight is 702 g/mol. The van der Waals surface area contributed by atoms with Crippen LogP contribution in [0.3, 0.4) is 0 Å². The van der Waals surface area contributed by atoms with E-state index in [2.05, 4.69) is 41.5 Å². The van der Waals surface area contributed by atoms with Crippen molar-refractivity contribution in [2.45, 2.75) is 144 Å². The number of hydrogen-bond acceptors (Lipinski definition) is 6. The van der Waals surface area contributed by atoms with E-state index in [1.54, 1.807) is 54.6 Å². The van der Waals surface area contributed by atoms with Gasteiger partial charge in [0.1, 0.15) is 11.5 Å². The molecule has 1 unspecified atom stereocenters. The maximum Gasteiger partial charge on any atom is 0.343 e. The van der Waals surface area contributed by atoms with Gasteiger partial charge in [-0.2, -0.15) is 0 Å². The highest BCUT2D eigenvalue weighted by molar-refractivity contribution is 5.91. The van der Waals surface area contributed by atoms with E-state index in [-0.39, 0.29) is 17.5 Å². The Morgan fingerprint density at radius 2 is 1.18 bits per heavy atom. The topological polar surface area (TPSA) is 87.9 Å². The number of hydrogen-bond donors (Lipinski definition) is 0. The molecule has 0 aliphatic rings. The van der Waals surface area contributed by atoms with Gasteiger partial charge in [-0.3, -0.25) is 10.1 Å². The summed E-state index contributed by atoms with van der Waals surface area (Å²) in [6.07, 6.45) is 16.7. The summed E-state index contributed by atoms with van der Waals surface area (Å²) in [7, 11) is 0. The summed E-state index contributed by atoms with van der Waals surface area (Å²) in [5.74, 6) is 0.933. The van der Waals surface area contributed by atoms with E-state index in [0.29, 0.717) is 34.3 Å². The number of nitro groups is 1. The normalized spacial score (nSPS) is 12.4. The third kappa shape index (κ3) is 16.8. The van der Waals surface area contributed by atoms with Crippen LogP contribution in [0.25, 0.3) is 11.1 Å². The minimum atomic E-state index is -0.465. The SMILES string of the molecule is CC(CCCCC(C)(C)C)Oc1ccc(-c2ccc(OC(=O)c3ccc(OCCCCCCCCCCCC(C)(C)C)cc3)cc2)cc1[N+](=O)[O-]. The van der Waals surface area contributed by atoms with Crippen LogP contribution in [0.1, 0.15) is 149 Å². The molecular weight excluding hydrogens is 638 g/mol. The van der Waals surface area contributed by atoms with Crippen molar-refractivity contribution < 1.29 is 23.9 Å². The number of carbonyl (C=O) groups is 1. The van der Waals surface area contributed by atoms with E-state index in [1.165, 1.54) is 63.9 Å². The maximum atomic E-state index is 12.8. The third-order valence-corrected chi connectivity index (χ3v) is 9.10. The molecule has 0 aromatic heterocycles. The van der Waals surface area contributed by atoms with E-state index < -0.39 is 10.9 Å². The van der Waals surface area contributed by atoms with Gasteiger partial charge in [-0.1, -0.05) is 118 Å². The van der Waals surface area contributed by atoms with Gasteiger partial charge in [-0.25, -0.2) is 4.79 Å². The molecule has 3 aromatic carbocycles. The zero-order valence-electron chi connectivity index (χ0n) is 32.4. The van der Waals surface area contributed by atoms with Crippen LogP contribution >= 0.6 is 0 Å². The maximum absolute atomic E-state index is 12.8. The van der Waals surface area contributed by atoms with Gasteiger partial charge >= 0.3 is 11.7 Å². The molecule has 0 amide bonds. The van der Waals surface area contributed by atoms with Crippen LogP contribution in [0.2, 0.25) is 0 Å². The molecule has 0 aliphatic carbocycles. The minimum Gasteiger partial charge on any atom is -0.494 e. The molecular formula is C44H63NO6. The number of unbranched alkanes of at least 4 members (excludes halogenated alkanes) is 9. The Hall–Kier alpha value is -3.87. The zero-order valence-corrected chi connectivity index (χ0v) is 32.4. The molecule has 0 aliphatic heterocycles. The van der Waals surface area contributed by atoms with Crippen LogP contribution in [-0.2, 0) is 0 Å². The Balaban J connectivity index is 1.39. The molecule has 51 heavy (non-hydrogen) atoms. The Kier molecular flexibility index (Phi) is 17.0. The number of esters is 1. The number of benzene rings is 3. The van der Waals surface area contributed by atoms with Crippen LogP contribution in [0.4, 0.5) is 5.69 Å². The summed E-state index contributed by atoms with van der Waals surface area (Å²) in [5, 5.41) is 11.9. The van der Waals surface area contributed by atoms with Crippen molar-refractivity contribution in [1.82, 2.24) is 0 Å². The molecule has 7 nitrogen and oxygen atoms in total. The molecule has 0 heterocycles. The molecule has 0 N–H and O–H groups in total. The van der Waals surface area contributed by atoms with Gasteiger partial charge in [0.25, 0.3) is 0 Å². The van der Waals surface area contributed by atoms with E-state index in [1.807, 2.05) is 13.0 Å². The molecule has 280 valence electrons. The van der Waals surface area contributed by atoms with Crippen LogP contribution in [0, 0.1) is 20.9 Å². The molecule has 1 atom stereocenters. The van der Waals surface area contributed by atoms with Crippen LogP contribution in [0.15, 0.2) is 66.7 Å². The molecule has 0 spiro atoms. The van der Waals surface area contributed by atoms with Crippen LogP contribution < -0.4 is 14.2 Å². The average Bonchev–Trinajstić information content (AvgIpc) is 3.07. The van der Waals surface area contributed by atoms with Gasteiger partial charge < -0.3 is 14.2 Å². The molecule has 0 saturated heterocycles. The number of nitrogens with zero attached hydrogens (tertiary/aromatic N) is 1. The predicted molar refractivity (Wildman–Crippen MR) is 209 cm³/mol. The van der Waals surface area contributed by atoms with Crippen molar-refractivity contribution in [2.24, 2.45) is 10.8 Å². The van der Waals surface area contributed by atoms with Crippen molar-refractivity contribution in [3.05, 3.63) is 82.4 Å². The highest BCUT2D eigenvalue weighted by Crippen LogP contribution is 2.34. The van der Waals surface area contributed by atoms with E-state index in [0.717, 1.165) is 43.4 Å². The number of rotatable bonds is 22. The van der Waals surface area contributed by atoms with E-state index in [4.69, 9.17) is 14.2 Å². The third-order valence-electron chi connectivity index (χ3n) is 9.10. The van der Waals surface area contributed by atoms with Crippen molar-refractivity contribution in [2.75, 3.05) is 6.61 Å². The fraction of sp³-hybridized carbons (Fsp3) is 0.568. The standard InChI is InChI=1S/C44H63NO6/c1-34(19-15-17-31-44(5,6)7)50-41-29-24-37(33-40(41)45(47)48)35-20-27-39(28-21-35)51-42(46)36-22-25-38(26-23-36)49-32-18-14-12-10-8-9-11-13-16-30-43(2,3)4/h20-29,33-34H,8-19,30-32H2,1-7H3. The van der Waals surface area contributed by atoms with Crippen LogP contribution in [-0.4, -0.2) is 23.6 Å². The first-order valence-electron chi connectivity index (χ1n) is 19.2. The first kappa shape index (κ1) is 41.5. The van der Waals surface area contributed by atoms with Crippen LogP contribution in [0.5, 0.6) is 17.2 Å². The molecule has 7 heteroatoms. The smallest absolute Gasteiger partial charge is 0.343 e. The lowest BCUT2D eigenvalue weighted by molar-refractivity contribution is -0.386. The van der Waals surface area contributed by atoms with Crippen molar-refractivity contribution in [1.29, 1.82) is 0 Å². The van der Waals surface area contributed by atoms with Gasteiger partial charge in [0.05, 0.1) is 23.2 Å². The van der Waals surface area contributed by atoms with Crippen molar-refractivity contribution >= 4 is 11.7 Å². The lowest BCUT2D eigenvalue weighted by Crippen LogP contribution is -2.13. The molecule has 0 radical (unpaired) electrons. The quantitative estimate of drug-likeness (QED) is 0.0341. The van der Waals surface area contributed by atoms with Crippen molar-refractivity contribution in [3.8, 4) is 28.4 Å². The van der Waals surface area contributed by atoms with Gasteiger partial charge in [-0.05, 0) is 103 Å². The minimum absolute atomic E-state index is 0.0693. The number of ether oxygens (including phenoxy) is 3. The second-order valence-corrected chi connectivity index (χ2v) is 16.5. The lowest BCUT2D eigenvalue weighted by atomic mass is 9.89. The first-order valence-corrected chi connectivity index (χ1v) is 19.2. The van der Waals surface area contributed by atoms with Crippen molar-refractivity contribution in [3.63, 3.8) is 0 Å². The largest absolute Gasteiger partial charge is 0.494 e. The Morgan fingerprint density at radius 3 is 1.75 bits per heavy atom. The number of carbonyl (C=O) groups excluding carboxylic acids is 1. The van der Waals surface area contributed by atoms with E-state index in [9.17, 15) is 14.9 Å². The summed E-state index contributed by atoms with van der Waals surface area (Å²) in [6.45, 7) is 16.3. The Bertz CT molecular complexity index is 1470. The van der Waals surface area contributed by atoms with Gasteiger partial charge in [-0.15, -0.1) is 0 Å².